The van der Waals surface area contributed by atoms with E-state index in [1.54, 1.807) is 16.8 Å². The first-order chi connectivity index (χ1) is 6.83. The number of aromatic nitrogens is 2. The molecule has 0 amide bonds. The summed E-state index contributed by atoms with van der Waals surface area (Å²) in [4.78, 5) is 15.2. The minimum absolute atomic E-state index is 0.233. The first kappa shape index (κ1) is 8.69. The molecule has 0 radical (unpaired) electrons. The van der Waals surface area contributed by atoms with Crippen molar-refractivity contribution in [2.24, 2.45) is 0 Å². The standard InChI is InChI=1S/C11H10N2O/c1-2-7-13-10-6-4-3-5-9(10)8-12-11(13)14/h2-6,8H,1,7H2. The molecule has 0 aliphatic rings. The van der Waals surface area contributed by atoms with E-state index in [0.717, 1.165) is 10.9 Å². The molecule has 2 rings (SSSR count). The lowest BCUT2D eigenvalue weighted by Gasteiger charge is -2.05. The summed E-state index contributed by atoms with van der Waals surface area (Å²) >= 11 is 0. The average Bonchev–Trinajstić information content (AvgIpc) is 2.23. The molecule has 0 aliphatic carbocycles. The van der Waals surface area contributed by atoms with E-state index in [0.29, 0.717) is 6.54 Å². The van der Waals surface area contributed by atoms with E-state index in [9.17, 15) is 4.79 Å². The van der Waals surface area contributed by atoms with Crippen LogP contribution < -0.4 is 5.69 Å². The van der Waals surface area contributed by atoms with Crippen LogP contribution in [0.25, 0.3) is 10.9 Å². The van der Waals surface area contributed by atoms with E-state index < -0.39 is 0 Å². The Morgan fingerprint density at radius 3 is 3.00 bits per heavy atom. The summed E-state index contributed by atoms with van der Waals surface area (Å²) in [5.41, 5.74) is 0.663. The third-order valence-corrected chi connectivity index (χ3v) is 2.08. The van der Waals surface area contributed by atoms with Crippen molar-refractivity contribution in [3.05, 3.63) is 53.6 Å². The molecule has 1 aromatic heterocycles. The number of rotatable bonds is 2. The van der Waals surface area contributed by atoms with Gasteiger partial charge in [-0.3, -0.25) is 4.57 Å². The van der Waals surface area contributed by atoms with Gasteiger partial charge in [-0.15, -0.1) is 6.58 Å². The zero-order valence-corrected chi connectivity index (χ0v) is 7.68. The Morgan fingerprint density at radius 1 is 1.43 bits per heavy atom. The maximum atomic E-state index is 11.4. The topological polar surface area (TPSA) is 34.9 Å². The highest BCUT2D eigenvalue weighted by atomic mass is 16.1. The van der Waals surface area contributed by atoms with Gasteiger partial charge in [0.25, 0.3) is 0 Å². The van der Waals surface area contributed by atoms with Gasteiger partial charge in [-0.2, -0.15) is 0 Å². The van der Waals surface area contributed by atoms with Gasteiger partial charge < -0.3 is 0 Å². The first-order valence-electron chi connectivity index (χ1n) is 4.38. The molecule has 0 N–H and O–H groups in total. The maximum absolute atomic E-state index is 11.4. The Bertz CT molecular complexity index is 528. The molecular formula is C11H10N2O. The van der Waals surface area contributed by atoms with E-state index in [-0.39, 0.29) is 5.69 Å². The number of allylic oxidation sites excluding steroid dienone is 1. The fourth-order valence-corrected chi connectivity index (χ4v) is 1.45. The van der Waals surface area contributed by atoms with Crippen LogP contribution in [0.15, 0.2) is 47.9 Å². The molecule has 0 atom stereocenters. The van der Waals surface area contributed by atoms with E-state index in [1.807, 2.05) is 24.3 Å². The second-order valence-corrected chi connectivity index (χ2v) is 3.00. The van der Waals surface area contributed by atoms with Crippen LogP contribution in [0.5, 0.6) is 0 Å². The molecule has 0 bridgehead atoms. The monoisotopic (exact) mass is 186 g/mol. The summed E-state index contributed by atoms with van der Waals surface area (Å²) in [6, 6.07) is 7.66. The highest BCUT2D eigenvalue weighted by molar-refractivity contribution is 5.77. The Kier molecular flexibility index (Phi) is 2.14. The van der Waals surface area contributed by atoms with Gasteiger partial charge in [0.2, 0.25) is 0 Å². The van der Waals surface area contributed by atoms with Gasteiger partial charge in [0, 0.05) is 18.1 Å². The average molecular weight is 186 g/mol. The Balaban J connectivity index is 2.82. The summed E-state index contributed by atoms with van der Waals surface area (Å²) in [5.74, 6) is 0. The van der Waals surface area contributed by atoms with Gasteiger partial charge in [-0.1, -0.05) is 24.3 Å². The summed E-state index contributed by atoms with van der Waals surface area (Å²) < 4.78 is 1.60. The lowest BCUT2D eigenvalue weighted by Crippen LogP contribution is -2.22. The van der Waals surface area contributed by atoms with Crippen LogP contribution >= 0.6 is 0 Å². The minimum atomic E-state index is -0.233. The molecule has 2 aromatic rings. The van der Waals surface area contributed by atoms with Crippen LogP contribution in [-0.2, 0) is 6.54 Å². The van der Waals surface area contributed by atoms with Gasteiger partial charge >= 0.3 is 5.69 Å². The molecule has 0 unspecified atom stereocenters. The molecule has 14 heavy (non-hydrogen) atoms. The van der Waals surface area contributed by atoms with Crippen molar-refractivity contribution in [2.75, 3.05) is 0 Å². The SMILES string of the molecule is C=CCn1c(=O)ncc2ccccc21. The van der Waals surface area contributed by atoms with Crippen LogP contribution in [0.2, 0.25) is 0 Å². The number of para-hydroxylation sites is 1. The van der Waals surface area contributed by atoms with Crippen LogP contribution in [0.1, 0.15) is 0 Å². The smallest absolute Gasteiger partial charge is 0.288 e. The summed E-state index contributed by atoms with van der Waals surface area (Å²) in [5, 5.41) is 0.967. The summed E-state index contributed by atoms with van der Waals surface area (Å²) in [6.45, 7) is 4.11. The van der Waals surface area contributed by atoms with Crippen LogP contribution in [0.3, 0.4) is 0 Å². The molecule has 1 heterocycles. The van der Waals surface area contributed by atoms with Crippen molar-refractivity contribution in [2.45, 2.75) is 6.54 Å². The molecule has 0 saturated heterocycles. The van der Waals surface area contributed by atoms with Crippen LogP contribution in [0, 0.1) is 0 Å². The van der Waals surface area contributed by atoms with Crippen molar-refractivity contribution in [1.82, 2.24) is 9.55 Å². The molecule has 0 fully saturated rings. The highest BCUT2D eigenvalue weighted by Crippen LogP contribution is 2.09. The van der Waals surface area contributed by atoms with Crippen molar-refractivity contribution in [1.29, 1.82) is 0 Å². The fourth-order valence-electron chi connectivity index (χ4n) is 1.45. The normalized spacial score (nSPS) is 10.3. The van der Waals surface area contributed by atoms with Crippen molar-refractivity contribution >= 4 is 10.9 Å². The van der Waals surface area contributed by atoms with Crippen LogP contribution in [0.4, 0.5) is 0 Å². The second-order valence-electron chi connectivity index (χ2n) is 3.00. The van der Waals surface area contributed by atoms with Gasteiger partial charge in [-0.25, -0.2) is 9.78 Å². The lowest BCUT2D eigenvalue weighted by atomic mass is 10.2. The van der Waals surface area contributed by atoms with E-state index in [4.69, 9.17) is 0 Å². The third-order valence-electron chi connectivity index (χ3n) is 2.08. The minimum Gasteiger partial charge on any atom is -0.288 e. The molecule has 0 saturated carbocycles. The van der Waals surface area contributed by atoms with Gasteiger partial charge in [0.1, 0.15) is 0 Å². The zero-order valence-electron chi connectivity index (χ0n) is 7.68. The number of hydrogen-bond acceptors (Lipinski definition) is 2. The number of benzene rings is 1. The van der Waals surface area contributed by atoms with Crippen LogP contribution in [-0.4, -0.2) is 9.55 Å². The molecule has 3 nitrogen and oxygen atoms in total. The second kappa shape index (κ2) is 3.46. The molecule has 3 heteroatoms. The number of hydrogen-bond donors (Lipinski definition) is 0. The van der Waals surface area contributed by atoms with Crippen molar-refractivity contribution in [3.63, 3.8) is 0 Å². The van der Waals surface area contributed by atoms with E-state index >= 15 is 0 Å². The fraction of sp³-hybridized carbons (Fsp3) is 0.0909. The quantitative estimate of drug-likeness (QED) is 0.667. The van der Waals surface area contributed by atoms with E-state index in [2.05, 4.69) is 11.6 Å². The van der Waals surface area contributed by atoms with Gasteiger partial charge in [-0.05, 0) is 6.07 Å². The predicted molar refractivity (Wildman–Crippen MR) is 56.2 cm³/mol. The lowest BCUT2D eigenvalue weighted by molar-refractivity contribution is 0.781. The molecule has 1 aromatic carbocycles. The van der Waals surface area contributed by atoms with Gasteiger partial charge in [0.15, 0.2) is 0 Å². The molecule has 70 valence electrons. The van der Waals surface area contributed by atoms with Gasteiger partial charge in [0.05, 0.1) is 5.52 Å². The largest absolute Gasteiger partial charge is 0.348 e. The molecular weight excluding hydrogens is 176 g/mol. The maximum Gasteiger partial charge on any atom is 0.348 e. The number of fused-ring (bicyclic) bond motifs is 1. The summed E-state index contributed by atoms with van der Waals surface area (Å²) in [7, 11) is 0. The van der Waals surface area contributed by atoms with Crippen molar-refractivity contribution in [3.8, 4) is 0 Å². The summed E-state index contributed by atoms with van der Waals surface area (Å²) in [6.07, 6.45) is 3.28. The Hall–Kier alpha value is -1.90. The first-order valence-corrected chi connectivity index (χ1v) is 4.38. The highest BCUT2D eigenvalue weighted by Gasteiger charge is 2.00. The Labute approximate surface area is 81.3 Å². The van der Waals surface area contributed by atoms with E-state index in [1.165, 1.54) is 0 Å². The third kappa shape index (κ3) is 1.33. The number of nitrogens with zero attached hydrogens (tertiary/aromatic N) is 2. The molecule has 0 spiro atoms. The van der Waals surface area contributed by atoms with Crippen molar-refractivity contribution < 1.29 is 0 Å². The predicted octanol–water partition coefficient (Wildman–Crippen LogP) is 1.58. The zero-order chi connectivity index (χ0) is 9.97. The molecule has 0 aliphatic heterocycles. The Morgan fingerprint density at radius 2 is 2.21 bits per heavy atom.